The van der Waals surface area contributed by atoms with E-state index < -0.39 is 57.0 Å². The van der Waals surface area contributed by atoms with E-state index in [0.717, 1.165) is 18.2 Å². The normalized spacial score (nSPS) is 14.2. The molecular weight excluding hydrogens is 577 g/mol. The van der Waals surface area contributed by atoms with Crippen molar-refractivity contribution in [2.24, 2.45) is 0 Å². The van der Waals surface area contributed by atoms with Crippen molar-refractivity contribution in [1.29, 1.82) is 5.26 Å². The second-order valence-electron chi connectivity index (χ2n) is 8.18. The summed E-state index contributed by atoms with van der Waals surface area (Å²) in [6, 6.07) is 5.12. The molecule has 1 unspecified atom stereocenters. The lowest BCUT2D eigenvalue weighted by atomic mass is 9.98. The summed E-state index contributed by atoms with van der Waals surface area (Å²) in [7, 11) is 0. The van der Waals surface area contributed by atoms with Crippen LogP contribution < -0.4 is 14.8 Å². The van der Waals surface area contributed by atoms with Crippen LogP contribution in [0.25, 0.3) is 0 Å². The van der Waals surface area contributed by atoms with Crippen molar-refractivity contribution in [2.45, 2.75) is 50.6 Å². The zero-order valence-corrected chi connectivity index (χ0v) is 21.8. The molecule has 0 fully saturated rings. The number of nitrogens with one attached hydrogen (secondary N) is 2. The summed E-state index contributed by atoms with van der Waals surface area (Å²) in [5.74, 6) is -1.25. The van der Waals surface area contributed by atoms with E-state index in [1.165, 1.54) is 12.1 Å². The quantitative estimate of drug-likeness (QED) is 0.189. The summed E-state index contributed by atoms with van der Waals surface area (Å²) in [4.78, 5) is 10.9. The van der Waals surface area contributed by atoms with Gasteiger partial charge >= 0.3 is 6.61 Å². The van der Waals surface area contributed by atoms with Crippen molar-refractivity contribution >= 4 is 50.3 Å². The maximum absolute atomic E-state index is 14.5. The first-order valence-corrected chi connectivity index (χ1v) is 12.3. The van der Waals surface area contributed by atoms with Gasteiger partial charge in [0.1, 0.15) is 28.0 Å². The Morgan fingerprint density at radius 1 is 1.31 bits per heavy atom. The van der Waals surface area contributed by atoms with E-state index in [2.05, 4.69) is 30.7 Å². The number of hydrogen-bond acceptors (Lipinski definition) is 7. The summed E-state index contributed by atoms with van der Waals surface area (Å²) < 4.78 is 59.5. The van der Waals surface area contributed by atoms with Gasteiger partial charge in [0.15, 0.2) is 0 Å². The molecule has 2 rings (SSSR count). The molecule has 0 bridgehead atoms. The molecule has 0 aromatic heterocycles. The number of hydrogen-bond donors (Lipinski definition) is 2. The molecule has 2 aromatic rings. The fourth-order valence-electron chi connectivity index (χ4n) is 2.96. The maximum atomic E-state index is 14.5. The summed E-state index contributed by atoms with van der Waals surface area (Å²) in [6.07, 6.45) is -0.274. The standard InChI is InChI=1S/C21H21BrClF3N4O4S/c1-21(2,3)35(33)29-12(10-27)9-15(28-14-8-11(23)4-6-16(14)30(31)32)18-17(34-20(25)26)7-5-13(24)19(18)22/h4-8,12,15,20,28-29H,9H2,1-3H3/t12?,15-,35-/m1/s1. The van der Waals surface area contributed by atoms with Crippen molar-refractivity contribution in [1.82, 2.24) is 4.72 Å². The van der Waals surface area contributed by atoms with E-state index >= 15 is 0 Å². The van der Waals surface area contributed by atoms with E-state index in [0.29, 0.717) is 0 Å². The predicted molar refractivity (Wildman–Crippen MR) is 130 cm³/mol. The molecule has 2 aromatic carbocycles. The Kier molecular flexibility index (Phi) is 10.1. The number of anilines is 1. The Hall–Kier alpha value is -2.24. The van der Waals surface area contributed by atoms with Crippen LogP contribution >= 0.6 is 27.5 Å². The monoisotopic (exact) mass is 596 g/mol. The number of nitrogens with zero attached hydrogens (tertiary/aromatic N) is 2. The van der Waals surface area contributed by atoms with Gasteiger partial charge in [-0.2, -0.15) is 14.0 Å². The van der Waals surface area contributed by atoms with Gasteiger partial charge < -0.3 is 14.6 Å². The van der Waals surface area contributed by atoms with Gasteiger partial charge in [0.25, 0.3) is 5.69 Å². The second-order valence-corrected chi connectivity index (χ2v) is 11.4. The van der Waals surface area contributed by atoms with Crippen LogP contribution in [0, 0.1) is 27.3 Å². The highest BCUT2D eigenvalue weighted by Crippen LogP contribution is 2.41. The van der Waals surface area contributed by atoms with Gasteiger partial charge in [-0.05, 0) is 61.0 Å². The van der Waals surface area contributed by atoms with Crippen LogP contribution in [-0.4, -0.2) is 26.9 Å². The molecule has 0 heterocycles. The van der Waals surface area contributed by atoms with Crippen molar-refractivity contribution in [3.8, 4) is 11.8 Å². The number of nitro groups is 1. The zero-order chi connectivity index (χ0) is 26.5. The molecule has 0 radical (unpaired) electrons. The first-order chi connectivity index (χ1) is 16.2. The van der Waals surface area contributed by atoms with Gasteiger partial charge in [-0.1, -0.05) is 11.6 Å². The van der Waals surface area contributed by atoms with Crippen molar-refractivity contribution in [3.05, 3.63) is 61.3 Å². The molecule has 0 saturated heterocycles. The van der Waals surface area contributed by atoms with Crippen LogP contribution in [0.5, 0.6) is 5.75 Å². The Morgan fingerprint density at radius 3 is 2.51 bits per heavy atom. The second kappa shape index (κ2) is 12.1. The Labute approximate surface area is 216 Å². The van der Waals surface area contributed by atoms with E-state index in [4.69, 9.17) is 11.6 Å². The topological polar surface area (TPSA) is 123 Å². The molecule has 8 nitrogen and oxygen atoms in total. The summed E-state index contributed by atoms with van der Waals surface area (Å²) in [5, 5.41) is 24.2. The van der Waals surface area contributed by atoms with Crippen LogP contribution in [0.2, 0.25) is 5.02 Å². The molecule has 0 aliphatic carbocycles. The fourth-order valence-corrected chi connectivity index (χ4v) is 4.50. The number of alkyl halides is 2. The van der Waals surface area contributed by atoms with Gasteiger partial charge in [0, 0.05) is 34.4 Å². The van der Waals surface area contributed by atoms with Crippen molar-refractivity contribution in [2.75, 3.05) is 5.32 Å². The lowest BCUT2D eigenvalue weighted by molar-refractivity contribution is -0.384. The molecule has 0 aliphatic heterocycles. The molecule has 0 saturated carbocycles. The van der Waals surface area contributed by atoms with Crippen LogP contribution in [0.4, 0.5) is 24.5 Å². The van der Waals surface area contributed by atoms with Crippen LogP contribution in [-0.2, 0) is 11.4 Å². The fraction of sp³-hybridized carbons (Fsp3) is 0.381. The number of nitriles is 1. The van der Waals surface area contributed by atoms with E-state index in [1.54, 1.807) is 20.8 Å². The van der Waals surface area contributed by atoms with Gasteiger partial charge in [-0.3, -0.25) is 10.1 Å². The molecule has 190 valence electrons. The highest BCUT2D eigenvalue weighted by atomic mass is 79.9. The van der Waals surface area contributed by atoms with E-state index in [9.17, 15) is 33.1 Å². The minimum atomic E-state index is -3.26. The maximum Gasteiger partial charge on any atom is 0.387 e. The zero-order valence-electron chi connectivity index (χ0n) is 18.7. The third kappa shape index (κ3) is 7.88. The summed E-state index contributed by atoms with van der Waals surface area (Å²) >= 11 is 7.33. The van der Waals surface area contributed by atoms with Gasteiger partial charge in [0.05, 0.1) is 21.5 Å². The number of halogens is 5. The molecule has 0 amide bonds. The van der Waals surface area contributed by atoms with E-state index in [-0.39, 0.29) is 27.2 Å². The Morgan fingerprint density at radius 2 is 1.97 bits per heavy atom. The van der Waals surface area contributed by atoms with Crippen molar-refractivity contribution in [3.63, 3.8) is 0 Å². The summed E-state index contributed by atoms with van der Waals surface area (Å²) in [5.41, 5.74) is -0.675. The average molecular weight is 598 g/mol. The Balaban J connectivity index is 2.63. The largest absolute Gasteiger partial charge is 0.598 e. The minimum Gasteiger partial charge on any atom is -0.598 e. The molecule has 35 heavy (non-hydrogen) atoms. The molecular formula is C21H21BrClF3N4O4S. The van der Waals surface area contributed by atoms with E-state index in [1.807, 2.05) is 6.07 Å². The number of benzene rings is 2. The molecule has 2 N–H and O–H groups in total. The lowest BCUT2D eigenvalue weighted by Gasteiger charge is -2.29. The summed E-state index contributed by atoms with van der Waals surface area (Å²) in [6.45, 7) is 1.76. The molecule has 14 heteroatoms. The molecule has 0 aliphatic rings. The average Bonchev–Trinajstić information content (AvgIpc) is 2.74. The van der Waals surface area contributed by atoms with Gasteiger partial charge in [-0.25, -0.2) is 4.39 Å². The van der Waals surface area contributed by atoms with Crippen molar-refractivity contribution < 1.29 is 27.4 Å². The molecule has 0 spiro atoms. The first kappa shape index (κ1) is 29.0. The lowest BCUT2D eigenvalue weighted by Crippen LogP contribution is -2.45. The third-order valence-corrected chi connectivity index (χ3v) is 7.23. The minimum absolute atomic E-state index is 0.111. The highest BCUT2D eigenvalue weighted by molar-refractivity contribution is 9.10. The van der Waals surface area contributed by atoms with Crippen LogP contribution in [0.1, 0.15) is 38.8 Å². The van der Waals surface area contributed by atoms with Crippen LogP contribution in [0.3, 0.4) is 0 Å². The smallest absolute Gasteiger partial charge is 0.387 e. The van der Waals surface area contributed by atoms with Crippen LogP contribution in [0.15, 0.2) is 34.8 Å². The Bertz CT molecular complexity index is 1120. The number of rotatable bonds is 10. The first-order valence-electron chi connectivity index (χ1n) is 9.95. The number of nitro benzene ring substituents is 1. The predicted octanol–water partition coefficient (Wildman–Crippen LogP) is 6.24. The highest BCUT2D eigenvalue weighted by Gasteiger charge is 2.33. The van der Waals surface area contributed by atoms with Gasteiger partial charge in [-0.15, -0.1) is 4.72 Å². The van der Waals surface area contributed by atoms with Gasteiger partial charge in [0.2, 0.25) is 0 Å². The number of ether oxygens (including phenoxy) is 1. The molecule has 3 atom stereocenters. The SMILES string of the molecule is CC(C)(C)[S@@+]([O-])NC(C#N)C[C@@H](Nc1cc(Cl)ccc1[N+](=O)[O-])c1c(OC(F)F)ccc(F)c1Br. The third-order valence-electron chi connectivity index (χ3n) is 4.57.